The van der Waals surface area contributed by atoms with Gasteiger partial charge in [0.15, 0.2) is 12.4 Å². The van der Waals surface area contributed by atoms with Crippen LogP contribution in [0.3, 0.4) is 0 Å². The van der Waals surface area contributed by atoms with Crippen molar-refractivity contribution in [1.29, 1.82) is 0 Å². The molecule has 1 N–H and O–H groups in total. The van der Waals surface area contributed by atoms with Crippen molar-refractivity contribution in [2.24, 2.45) is 0 Å². The van der Waals surface area contributed by atoms with Gasteiger partial charge < -0.3 is 24.1 Å². The van der Waals surface area contributed by atoms with Crippen LogP contribution in [0.2, 0.25) is 0 Å². The number of benzene rings is 2. The van der Waals surface area contributed by atoms with Crippen molar-refractivity contribution in [3.8, 4) is 5.75 Å². The summed E-state index contributed by atoms with van der Waals surface area (Å²) < 4.78 is 63.1. The Bertz CT molecular complexity index is 1290. The molecule has 0 saturated heterocycles. The Morgan fingerprint density at radius 3 is 2.20 bits per heavy atom. The smallest absolute Gasteiger partial charge is 0.425 e. The van der Waals surface area contributed by atoms with Crippen molar-refractivity contribution in [2.75, 3.05) is 20.3 Å². The van der Waals surface area contributed by atoms with Crippen LogP contribution in [0.25, 0.3) is 0 Å². The highest BCUT2D eigenvalue weighted by atomic mass is 19.4. The van der Waals surface area contributed by atoms with Crippen molar-refractivity contribution in [3.05, 3.63) is 89.5 Å². The third-order valence-corrected chi connectivity index (χ3v) is 7.99. The number of methoxy groups -OCH3 is 1. The van der Waals surface area contributed by atoms with Gasteiger partial charge in [-0.2, -0.15) is 13.2 Å². The second kappa shape index (κ2) is 17.9. The summed E-state index contributed by atoms with van der Waals surface area (Å²) in [5.41, 5.74) is -1.13. The predicted octanol–water partition coefficient (Wildman–Crippen LogP) is 8.54. The molecule has 2 aromatic rings. The number of halogens is 3. The molecule has 2 atom stereocenters. The predicted molar refractivity (Wildman–Crippen MR) is 169 cm³/mol. The van der Waals surface area contributed by atoms with E-state index in [4.69, 9.17) is 18.9 Å². The number of rotatable bonds is 19. The second-order valence-electron chi connectivity index (χ2n) is 11.3. The molecule has 0 amide bonds. The molecule has 0 saturated carbocycles. The maximum absolute atomic E-state index is 13.8. The average molecular weight is 647 g/mol. The van der Waals surface area contributed by atoms with Crippen LogP contribution in [-0.4, -0.2) is 55.9 Å². The lowest BCUT2D eigenvalue weighted by molar-refractivity contribution is -0.206. The lowest BCUT2D eigenvalue weighted by Crippen LogP contribution is -2.37. The van der Waals surface area contributed by atoms with E-state index in [0.717, 1.165) is 31.2 Å². The Morgan fingerprint density at radius 1 is 0.913 bits per heavy atom. The standard InChI is InChI=1S/C36H45F3O7/c1-4-6-8-16-32(43-3)45-28-19-17-26(18-20-28)27-21-23-35(24-22-27,34(41)42)30-14-11-10-13-29(30)33(40)46-31(36(37,38)39)15-9-7-12-25-44-5-2/h10-11,13-14,17-24,27,31-32H,4-9,12,15-16,25H2,1-3H3,(H,41,42). The minimum absolute atomic E-state index is 0.0218. The zero-order valence-corrected chi connectivity index (χ0v) is 26.8. The normalized spacial score (nSPS) is 19.0. The molecule has 7 nitrogen and oxygen atoms in total. The van der Waals surface area contributed by atoms with Gasteiger partial charge in [0.1, 0.15) is 11.2 Å². The molecule has 2 unspecified atom stereocenters. The van der Waals surface area contributed by atoms with Gasteiger partial charge in [-0.25, -0.2) is 4.79 Å². The Balaban J connectivity index is 1.76. The summed E-state index contributed by atoms with van der Waals surface area (Å²) in [5, 5.41) is 10.4. The van der Waals surface area contributed by atoms with Gasteiger partial charge >= 0.3 is 18.1 Å². The molecule has 0 radical (unpaired) electrons. The number of hydrogen-bond donors (Lipinski definition) is 1. The molecule has 2 aromatic carbocycles. The first-order valence-corrected chi connectivity index (χ1v) is 15.9. The van der Waals surface area contributed by atoms with Gasteiger partial charge in [0.05, 0.1) is 5.56 Å². The highest BCUT2D eigenvalue weighted by Crippen LogP contribution is 2.38. The van der Waals surface area contributed by atoms with Crippen LogP contribution in [0.15, 0.2) is 72.8 Å². The zero-order chi connectivity index (χ0) is 33.6. The van der Waals surface area contributed by atoms with Crippen molar-refractivity contribution in [3.63, 3.8) is 0 Å². The van der Waals surface area contributed by atoms with Gasteiger partial charge in [-0.1, -0.05) is 80.8 Å². The number of carbonyl (C=O) groups is 2. The molecule has 1 aliphatic rings. The van der Waals surface area contributed by atoms with Crippen LogP contribution < -0.4 is 4.74 Å². The van der Waals surface area contributed by atoms with Crippen molar-refractivity contribution in [1.82, 2.24) is 0 Å². The summed E-state index contributed by atoms with van der Waals surface area (Å²) >= 11 is 0. The van der Waals surface area contributed by atoms with Crippen LogP contribution in [0, 0.1) is 0 Å². The Labute approximate surface area is 269 Å². The van der Waals surface area contributed by atoms with Gasteiger partial charge in [-0.15, -0.1) is 0 Å². The number of carboxylic acid groups (broad SMARTS) is 1. The van der Waals surface area contributed by atoms with Gasteiger partial charge in [0, 0.05) is 32.7 Å². The average Bonchev–Trinajstić information content (AvgIpc) is 3.05. The number of aliphatic carboxylic acids is 1. The number of hydrogen-bond acceptors (Lipinski definition) is 6. The zero-order valence-electron chi connectivity index (χ0n) is 26.8. The quantitative estimate of drug-likeness (QED) is 0.0708. The molecule has 0 spiro atoms. The monoisotopic (exact) mass is 646 g/mol. The molecule has 3 rings (SSSR count). The fourth-order valence-corrected chi connectivity index (χ4v) is 5.36. The Kier molecular flexibility index (Phi) is 14.3. The molecule has 252 valence electrons. The number of unbranched alkanes of at least 4 members (excludes halogenated alkanes) is 4. The van der Waals surface area contributed by atoms with E-state index < -0.39 is 36.1 Å². The van der Waals surface area contributed by atoms with E-state index in [1.165, 1.54) is 30.4 Å². The number of carboxylic acids is 1. The molecule has 0 fully saturated rings. The lowest BCUT2D eigenvalue weighted by Gasteiger charge is -2.29. The molecular formula is C36H45F3O7. The fourth-order valence-electron chi connectivity index (χ4n) is 5.36. The topological polar surface area (TPSA) is 91.3 Å². The molecule has 0 aliphatic heterocycles. The molecule has 0 heterocycles. The van der Waals surface area contributed by atoms with Crippen LogP contribution in [0.4, 0.5) is 13.2 Å². The fraction of sp³-hybridized carbons (Fsp3) is 0.500. The molecule has 0 aromatic heterocycles. The van der Waals surface area contributed by atoms with E-state index in [1.54, 1.807) is 25.3 Å². The highest BCUT2D eigenvalue weighted by Gasteiger charge is 2.44. The third-order valence-electron chi connectivity index (χ3n) is 7.99. The number of allylic oxidation sites excluding steroid dienone is 2. The number of alkyl halides is 3. The summed E-state index contributed by atoms with van der Waals surface area (Å²) in [6.07, 6.45) is 3.74. The van der Waals surface area contributed by atoms with E-state index in [1.807, 2.05) is 31.2 Å². The molecule has 1 aliphatic carbocycles. The Hall–Kier alpha value is -3.63. The summed E-state index contributed by atoms with van der Waals surface area (Å²) in [4.78, 5) is 25.9. The van der Waals surface area contributed by atoms with Gasteiger partial charge in [0.2, 0.25) is 0 Å². The first-order valence-electron chi connectivity index (χ1n) is 15.9. The minimum atomic E-state index is -4.77. The number of carbonyl (C=O) groups excluding carboxylic acids is 1. The second-order valence-corrected chi connectivity index (χ2v) is 11.3. The summed E-state index contributed by atoms with van der Waals surface area (Å²) in [7, 11) is 1.61. The lowest BCUT2D eigenvalue weighted by atomic mass is 9.73. The number of esters is 1. The van der Waals surface area contributed by atoms with Gasteiger partial charge in [-0.3, -0.25) is 4.79 Å². The Morgan fingerprint density at radius 2 is 1.59 bits per heavy atom. The van der Waals surface area contributed by atoms with E-state index in [0.29, 0.717) is 31.8 Å². The van der Waals surface area contributed by atoms with Crippen molar-refractivity contribution >= 4 is 11.9 Å². The van der Waals surface area contributed by atoms with Crippen LogP contribution in [0.1, 0.15) is 92.6 Å². The number of ether oxygens (including phenoxy) is 4. The molecule has 0 bridgehead atoms. The molecule has 10 heteroatoms. The SMILES string of the molecule is CCCCCC(OC)Oc1ccc(C2C=CC(C(=O)O)(c3ccccc3C(=O)OC(CCCCCOCC)C(F)(F)F)C=C2)cc1. The first-order chi connectivity index (χ1) is 22.1. The molecule has 46 heavy (non-hydrogen) atoms. The van der Waals surface area contributed by atoms with Crippen molar-refractivity contribution < 1.29 is 46.8 Å². The van der Waals surface area contributed by atoms with E-state index in [-0.39, 0.29) is 29.8 Å². The van der Waals surface area contributed by atoms with Crippen LogP contribution in [0.5, 0.6) is 5.75 Å². The summed E-state index contributed by atoms with van der Waals surface area (Å²) in [5.74, 6) is -2.14. The summed E-state index contributed by atoms with van der Waals surface area (Å²) in [6.45, 7) is 4.95. The maximum Gasteiger partial charge on any atom is 0.425 e. The van der Waals surface area contributed by atoms with Crippen molar-refractivity contribution in [2.45, 2.75) is 95.1 Å². The van der Waals surface area contributed by atoms with E-state index >= 15 is 0 Å². The minimum Gasteiger partial charge on any atom is -0.480 e. The van der Waals surface area contributed by atoms with Gasteiger partial charge in [0.25, 0.3) is 0 Å². The van der Waals surface area contributed by atoms with Gasteiger partial charge in [-0.05, 0) is 61.9 Å². The molecular weight excluding hydrogens is 601 g/mol. The van der Waals surface area contributed by atoms with Crippen LogP contribution >= 0.6 is 0 Å². The first kappa shape index (κ1) is 36.8. The van der Waals surface area contributed by atoms with E-state index in [9.17, 15) is 27.9 Å². The third kappa shape index (κ3) is 10.2. The van der Waals surface area contributed by atoms with E-state index in [2.05, 4.69) is 6.92 Å². The highest BCUT2D eigenvalue weighted by molar-refractivity contribution is 5.97. The van der Waals surface area contributed by atoms with Crippen LogP contribution in [-0.2, 0) is 24.4 Å². The maximum atomic E-state index is 13.8. The summed E-state index contributed by atoms with van der Waals surface area (Å²) in [6, 6.07) is 13.1. The largest absolute Gasteiger partial charge is 0.480 e.